The van der Waals surface area contributed by atoms with E-state index in [0.717, 1.165) is 17.8 Å². The first-order valence-corrected chi connectivity index (χ1v) is 4.95. The fourth-order valence-electron chi connectivity index (χ4n) is 1.04. The Hall–Kier alpha value is -1.32. The third kappa shape index (κ3) is 2.58. The highest BCUT2D eigenvalue weighted by molar-refractivity contribution is 5.46. The van der Waals surface area contributed by atoms with Gasteiger partial charge in [-0.15, -0.1) is 0 Å². The summed E-state index contributed by atoms with van der Waals surface area (Å²) >= 11 is 0. The maximum atomic E-state index is 4.35. The quantitative estimate of drug-likeness (QED) is 0.770. The van der Waals surface area contributed by atoms with Crippen LogP contribution in [0.3, 0.4) is 0 Å². The van der Waals surface area contributed by atoms with E-state index in [1.807, 2.05) is 20.2 Å². The lowest BCUT2D eigenvalue weighted by atomic mass is 10.2. The molecule has 1 aromatic rings. The molecule has 0 aliphatic carbocycles. The predicted molar refractivity (Wildman–Crippen MR) is 59.7 cm³/mol. The molecular formula is C10H18N4. The van der Waals surface area contributed by atoms with Gasteiger partial charge in [0.25, 0.3) is 0 Å². The Morgan fingerprint density at radius 2 is 2.21 bits per heavy atom. The van der Waals surface area contributed by atoms with Gasteiger partial charge in [0.15, 0.2) is 0 Å². The van der Waals surface area contributed by atoms with Gasteiger partial charge in [-0.25, -0.2) is 4.98 Å². The third-order valence-electron chi connectivity index (χ3n) is 2.19. The molecule has 0 radical (unpaired) electrons. The molecule has 0 aliphatic rings. The summed E-state index contributed by atoms with van der Waals surface area (Å²) in [5.41, 5.74) is 1.07. The van der Waals surface area contributed by atoms with E-state index < -0.39 is 0 Å². The van der Waals surface area contributed by atoms with Crippen LogP contribution in [0.5, 0.6) is 0 Å². The zero-order chi connectivity index (χ0) is 10.6. The molecule has 1 aromatic heterocycles. The molecule has 1 unspecified atom stereocenters. The van der Waals surface area contributed by atoms with Crippen LogP contribution in [-0.4, -0.2) is 23.1 Å². The molecule has 14 heavy (non-hydrogen) atoms. The molecule has 0 fully saturated rings. The number of nitrogens with one attached hydrogen (secondary N) is 2. The number of aromatic nitrogens is 2. The lowest BCUT2D eigenvalue weighted by molar-refractivity contribution is 0.757. The van der Waals surface area contributed by atoms with Crippen molar-refractivity contribution in [1.29, 1.82) is 0 Å². The van der Waals surface area contributed by atoms with Gasteiger partial charge in [0, 0.05) is 24.8 Å². The average Bonchev–Trinajstić information content (AvgIpc) is 2.21. The summed E-state index contributed by atoms with van der Waals surface area (Å²) in [6, 6.07) is 0.438. The first-order chi connectivity index (χ1) is 6.67. The van der Waals surface area contributed by atoms with Gasteiger partial charge in [0.2, 0.25) is 5.95 Å². The maximum absolute atomic E-state index is 4.35. The fourth-order valence-corrected chi connectivity index (χ4v) is 1.04. The van der Waals surface area contributed by atoms with Crippen LogP contribution in [0, 0.1) is 6.92 Å². The monoisotopic (exact) mass is 194 g/mol. The standard InChI is InChI=1S/C10H18N4/c1-5-8(3)13-9-7(2)6-12-10(11-4)14-9/h6,8H,5H2,1-4H3,(H2,11,12,13,14). The molecule has 0 spiro atoms. The minimum Gasteiger partial charge on any atom is -0.367 e. The molecule has 0 aromatic carbocycles. The average molecular weight is 194 g/mol. The molecule has 4 nitrogen and oxygen atoms in total. The molecular weight excluding hydrogens is 176 g/mol. The van der Waals surface area contributed by atoms with Crippen molar-refractivity contribution >= 4 is 11.8 Å². The Morgan fingerprint density at radius 3 is 2.79 bits per heavy atom. The maximum Gasteiger partial charge on any atom is 0.224 e. The highest BCUT2D eigenvalue weighted by Gasteiger charge is 2.05. The first kappa shape index (κ1) is 10.8. The van der Waals surface area contributed by atoms with Crippen molar-refractivity contribution in [2.75, 3.05) is 17.7 Å². The molecule has 0 amide bonds. The summed E-state index contributed by atoms with van der Waals surface area (Å²) in [7, 11) is 1.82. The first-order valence-electron chi connectivity index (χ1n) is 4.95. The van der Waals surface area contributed by atoms with Crippen molar-refractivity contribution in [3.63, 3.8) is 0 Å². The number of aryl methyl sites for hydroxylation is 1. The van der Waals surface area contributed by atoms with Crippen molar-refractivity contribution < 1.29 is 0 Å². The summed E-state index contributed by atoms with van der Waals surface area (Å²) in [5, 5.41) is 6.27. The molecule has 0 saturated heterocycles. The van der Waals surface area contributed by atoms with Crippen molar-refractivity contribution in [2.45, 2.75) is 33.2 Å². The Bertz CT molecular complexity index is 298. The van der Waals surface area contributed by atoms with Crippen LogP contribution in [0.15, 0.2) is 6.20 Å². The molecule has 0 saturated carbocycles. The van der Waals surface area contributed by atoms with Crippen LogP contribution in [-0.2, 0) is 0 Å². The minimum atomic E-state index is 0.438. The van der Waals surface area contributed by atoms with E-state index in [4.69, 9.17) is 0 Å². The normalized spacial score (nSPS) is 12.3. The largest absolute Gasteiger partial charge is 0.367 e. The number of anilines is 2. The second kappa shape index (κ2) is 4.79. The molecule has 0 bridgehead atoms. The van der Waals surface area contributed by atoms with Crippen molar-refractivity contribution in [3.05, 3.63) is 11.8 Å². The summed E-state index contributed by atoms with van der Waals surface area (Å²) in [6.07, 6.45) is 2.90. The van der Waals surface area contributed by atoms with Gasteiger partial charge >= 0.3 is 0 Å². The van der Waals surface area contributed by atoms with Gasteiger partial charge in [0.1, 0.15) is 5.82 Å². The van der Waals surface area contributed by atoms with Gasteiger partial charge in [0.05, 0.1) is 0 Å². The minimum absolute atomic E-state index is 0.438. The van der Waals surface area contributed by atoms with Crippen LogP contribution >= 0.6 is 0 Å². The van der Waals surface area contributed by atoms with Crippen LogP contribution in [0.4, 0.5) is 11.8 Å². The Morgan fingerprint density at radius 1 is 1.50 bits per heavy atom. The van der Waals surface area contributed by atoms with Gasteiger partial charge in [-0.3, -0.25) is 0 Å². The highest BCUT2D eigenvalue weighted by atomic mass is 15.1. The summed E-state index contributed by atoms with van der Waals surface area (Å²) < 4.78 is 0. The summed E-state index contributed by atoms with van der Waals surface area (Å²) in [5.74, 6) is 1.57. The predicted octanol–water partition coefficient (Wildman–Crippen LogP) is 2.04. The number of hydrogen-bond donors (Lipinski definition) is 2. The lowest BCUT2D eigenvalue weighted by Crippen LogP contribution is -2.16. The Kier molecular flexibility index (Phi) is 3.68. The number of rotatable bonds is 4. The van der Waals surface area contributed by atoms with Gasteiger partial charge in [-0.1, -0.05) is 6.92 Å². The molecule has 1 rings (SSSR count). The fraction of sp³-hybridized carbons (Fsp3) is 0.600. The van der Waals surface area contributed by atoms with E-state index in [9.17, 15) is 0 Å². The van der Waals surface area contributed by atoms with E-state index in [-0.39, 0.29) is 0 Å². The molecule has 1 atom stereocenters. The van der Waals surface area contributed by atoms with E-state index in [1.54, 1.807) is 0 Å². The number of nitrogens with zero attached hydrogens (tertiary/aromatic N) is 2. The molecule has 2 N–H and O–H groups in total. The second-order valence-corrected chi connectivity index (χ2v) is 3.43. The van der Waals surface area contributed by atoms with Crippen molar-refractivity contribution in [2.24, 2.45) is 0 Å². The van der Waals surface area contributed by atoms with Crippen molar-refractivity contribution in [1.82, 2.24) is 9.97 Å². The highest BCUT2D eigenvalue weighted by Crippen LogP contribution is 2.13. The van der Waals surface area contributed by atoms with Crippen LogP contribution in [0.25, 0.3) is 0 Å². The van der Waals surface area contributed by atoms with Gasteiger partial charge in [-0.05, 0) is 20.3 Å². The molecule has 78 valence electrons. The van der Waals surface area contributed by atoms with Crippen LogP contribution in [0.2, 0.25) is 0 Å². The Labute approximate surface area is 85.2 Å². The molecule has 1 heterocycles. The van der Waals surface area contributed by atoms with E-state index >= 15 is 0 Å². The van der Waals surface area contributed by atoms with Gasteiger partial charge < -0.3 is 10.6 Å². The second-order valence-electron chi connectivity index (χ2n) is 3.43. The summed E-state index contributed by atoms with van der Waals surface area (Å²) in [6.45, 7) is 6.29. The zero-order valence-corrected chi connectivity index (χ0v) is 9.26. The third-order valence-corrected chi connectivity index (χ3v) is 2.19. The zero-order valence-electron chi connectivity index (χ0n) is 9.26. The topological polar surface area (TPSA) is 49.8 Å². The van der Waals surface area contributed by atoms with Crippen LogP contribution < -0.4 is 10.6 Å². The molecule has 0 aliphatic heterocycles. The van der Waals surface area contributed by atoms with E-state index in [1.165, 1.54) is 0 Å². The Balaban J connectivity index is 2.83. The smallest absolute Gasteiger partial charge is 0.224 e. The van der Waals surface area contributed by atoms with Gasteiger partial charge in [-0.2, -0.15) is 4.98 Å². The van der Waals surface area contributed by atoms with Crippen molar-refractivity contribution in [3.8, 4) is 0 Å². The van der Waals surface area contributed by atoms with Crippen LogP contribution in [0.1, 0.15) is 25.8 Å². The van der Waals surface area contributed by atoms with E-state index in [0.29, 0.717) is 12.0 Å². The van der Waals surface area contributed by atoms with E-state index in [2.05, 4.69) is 34.4 Å². The lowest BCUT2D eigenvalue weighted by Gasteiger charge is -2.14. The number of hydrogen-bond acceptors (Lipinski definition) is 4. The summed E-state index contributed by atoms with van der Waals surface area (Å²) in [4.78, 5) is 8.47. The SMILES string of the molecule is CCC(C)Nc1nc(NC)ncc1C. The molecule has 4 heteroatoms.